The van der Waals surface area contributed by atoms with Crippen LogP contribution < -0.4 is 10.5 Å². The first-order chi connectivity index (χ1) is 11.5. The Balaban J connectivity index is 1.90. The molecule has 1 aromatic carbocycles. The number of para-hydroxylation sites is 1. The third kappa shape index (κ3) is 3.30. The van der Waals surface area contributed by atoms with E-state index in [1.807, 2.05) is 0 Å². The second kappa shape index (κ2) is 6.44. The van der Waals surface area contributed by atoms with E-state index in [9.17, 15) is 13.2 Å². The molecule has 1 amide bonds. The minimum atomic E-state index is -3.91. The van der Waals surface area contributed by atoms with Crippen molar-refractivity contribution in [2.75, 3.05) is 23.5 Å². The summed E-state index contributed by atoms with van der Waals surface area (Å²) in [7, 11) is -3.91. The lowest BCUT2D eigenvalue weighted by Gasteiger charge is -2.18. The fourth-order valence-corrected chi connectivity index (χ4v) is 3.49. The first-order valence-electron chi connectivity index (χ1n) is 7.46. The van der Waals surface area contributed by atoms with Crippen molar-refractivity contribution in [3.05, 3.63) is 42.2 Å². The van der Waals surface area contributed by atoms with Gasteiger partial charge in [0.05, 0.1) is 23.6 Å². The van der Waals surface area contributed by atoms with Crippen molar-refractivity contribution in [3.63, 3.8) is 0 Å². The summed E-state index contributed by atoms with van der Waals surface area (Å²) in [5.74, 6) is -0.196. The first kappa shape index (κ1) is 16.2. The van der Waals surface area contributed by atoms with Gasteiger partial charge in [-0.25, -0.2) is 18.4 Å². The zero-order valence-electron chi connectivity index (χ0n) is 12.8. The van der Waals surface area contributed by atoms with Gasteiger partial charge in [0.15, 0.2) is 0 Å². The van der Waals surface area contributed by atoms with E-state index >= 15 is 0 Å². The predicted octanol–water partition coefficient (Wildman–Crippen LogP) is 1.10. The topological polar surface area (TPSA) is 118 Å². The molecule has 0 aliphatic carbocycles. The molecule has 1 saturated heterocycles. The zero-order valence-corrected chi connectivity index (χ0v) is 13.7. The number of hydrogen-bond donors (Lipinski definition) is 2. The SMILES string of the molecule is Nc1ncc(S(=O)(=O)Nc2ccccc2C(=O)N2CCCC2)cn1. The van der Waals surface area contributed by atoms with Gasteiger partial charge in [0.1, 0.15) is 4.90 Å². The number of hydrogen-bond acceptors (Lipinski definition) is 6. The number of sulfonamides is 1. The Morgan fingerprint density at radius 3 is 2.42 bits per heavy atom. The maximum absolute atomic E-state index is 12.6. The van der Waals surface area contributed by atoms with Gasteiger partial charge in [-0.1, -0.05) is 12.1 Å². The van der Waals surface area contributed by atoms with Crippen molar-refractivity contribution in [1.82, 2.24) is 14.9 Å². The maximum atomic E-state index is 12.6. The van der Waals surface area contributed by atoms with Gasteiger partial charge >= 0.3 is 0 Å². The summed E-state index contributed by atoms with van der Waals surface area (Å²) in [4.78, 5) is 21.5. The molecule has 1 aromatic heterocycles. The third-order valence-electron chi connectivity index (χ3n) is 3.75. The van der Waals surface area contributed by atoms with E-state index in [2.05, 4.69) is 14.7 Å². The highest BCUT2D eigenvalue weighted by molar-refractivity contribution is 7.92. The second-order valence-electron chi connectivity index (χ2n) is 5.43. The summed E-state index contributed by atoms with van der Waals surface area (Å²) in [5, 5.41) is 0. The second-order valence-corrected chi connectivity index (χ2v) is 7.11. The number of carbonyl (C=O) groups excluding carboxylic acids is 1. The number of nitrogen functional groups attached to an aromatic ring is 1. The van der Waals surface area contributed by atoms with Crippen LogP contribution in [0.4, 0.5) is 11.6 Å². The minimum absolute atomic E-state index is 0.0152. The molecule has 2 heterocycles. The lowest BCUT2D eigenvalue weighted by atomic mass is 10.1. The first-order valence-corrected chi connectivity index (χ1v) is 8.94. The molecule has 8 nitrogen and oxygen atoms in total. The van der Waals surface area contributed by atoms with Crippen LogP contribution in [0.3, 0.4) is 0 Å². The molecular formula is C15H17N5O3S. The van der Waals surface area contributed by atoms with E-state index in [1.165, 1.54) is 0 Å². The van der Waals surface area contributed by atoms with E-state index in [4.69, 9.17) is 5.73 Å². The van der Waals surface area contributed by atoms with Crippen LogP contribution in [0, 0.1) is 0 Å². The van der Waals surface area contributed by atoms with E-state index in [0.717, 1.165) is 25.2 Å². The molecule has 0 unspecified atom stereocenters. The third-order valence-corrected chi connectivity index (χ3v) is 5.07. The molecular weight excluding hydrogens is 330 g/mol. The monoisotopic (exact) mass is 347 g/mol. The van der Waals surface area contributed by atoms with Gasteiger partial charge in [-0.2, -0.15) is 0 Å². The smallest absolute Gasteiger partial charge is 0.264 e. The number of likely N-dealkylation sites (tertiary alicyclic amines) is 1. The van der Waals surface area contributed by atoms with Gasteiger partial charge < -0.3 is 10.6 Å². The number of amides is 1. The Labute approximate surface area is 139 Å². The average Bonchev–Trinajstić information content (AvgIpc) is 3.09. The van der Waals surface area contributed by atoms with Crippen molar-refractivity contribution in [1.29, 1.82) is 0 Å². The number of nitrogens with zero attached hydrogens (tertiary/aromatic N) is 3. The Morgan fingerprint density at radius 1 is 1.12 bits per heavy atom. The van der Waals surface area contributed by atoms with Crippen LogP contribution >= 0.6 is 0 Å². The number of anilines is 2. The molecule has 1 aliphatic heterocycles. The molecule has 1 fully saturated rings. The summed E-state index contributed by atoms with van der Waals surface area (Å²) in [6, 6.07) is 6.53. The zero-order chi connectivity index (χ0) is 17.2. The molecule has 0 bridgehead atoms. The summed E-state index contributed by atoms with van der Waals surface area (Å²) >= 11 is 0. The Morgan fingerprint density at radius 2 is 1.75 bits per heavy atom. The van der Waals surface area contributed by atoms with Crippen molar-refractivity contribution < 1.29 is 13.2 Å². The van der Waals surface area contributed by atoms with Gasteiger partial charge in [-0.15, -0.1) is 0 Å². The van der Waals surface area contributed by atoms with Crippen LogP contribution in [-0.2, 0) is 10.0 Å². The van der Waals surface area contributed by atoms with Crippen LogP contribution in [0.5, 0.6) is 0 Å². The standard InChI is InChI=1S/C15H17N5O3S/c16-15-17-9-11(10-18-15)24(22,23)19-13-6-2-1-5-12(13)14(21)20-7-3-4-8-20/h1-2,5-6,9-10,19H,3-4,7-8H2,(H2,16,17,18). The highest BCUT2D eigenvalue weighted by atomic mass is 32.2. The molecule has 0 spiro atoms. The van der Waals surface area contributed by atoms with E-state index in [1.54, 1.807) is 29.2 Å². The van der Waals surface area contributed by atoms with Gasteiger partial charge in [0.25, 0.3) is 15.9 Å². The highest BCUT2D eigenvalue weighted by Crippen LogP contribution is 2.22. The van der Waals surface area contributed by atoms with Crippen LogP contribution in [0.1, 0.15) is 23.2 Å². The molecule has 9 heteroatoms. The van der Waals surface area contributed by atoms with Gasteiger partial charge in [0.2, 0.25) is 5.95 Å². The van der Waals surface area contributed by atoms with Crippen LogP contribution in [0.15, 0.2) is 41.6 Å². The van der Waals surface area contributed by atoms with Crippen molar-refractivity contribution >= 4 is 27.6 Å². The molecule has 0 atom stereocenters. The molecule has 1 aliphatic rings. The number of benzene rings is 1. The molecule has 24 heavy (non-hydrogen) atoms. The number of nitrogens with one attached hydrogen (secondary N) is 1. The van der Waals surface area contributed by atoms with Crippen molar-refractivity contribution in [2.45, 2.75) is 17.7 Å². The molecule has 0 radical (unpaired) electrons. The summed E-state index contributed by atoms with van der Waals surface area (Å²) in [5.41, 5.74) is 5.92. The van der Waals surface area contributed by atoms with Gasteiger partial charge in [-0.3, -0.25) is 9.52 Å². The molecule has 2 aromatic rings. The van der Waals surface area contributed by atoms with Crippen LogP contribution in [-0.4, -0.2) is 42.3 Å². The Hall–Kier alpha value is -2.68. The summed E-state index contributed by atoms with van der Waals surface area (Å²) in [6.45, 7) is 1.37. The largest absolute Gasteiger partial charge is 0.368 e. The fourth-order valence-electron chi connectivity index (χ4n) is 2.52. The molecule has 0 saturated carbocycles. The highest BCUT2D eigenvalue weighted by Gasteiger charge is 2.24. The average molecular weight is 347 g/mol. The quantitative estimate of drug-likeness (QED) is 0.855. The van der Waals surface area contributed by atoms with Gasteiger partial charge in [-0.05, 0) is 25.0 Å². The molecule has 3 rings (SSSR count). The predicted molar refractivity (Wildman–Crippen MR) is 88.8 cm³/mol. The van der Waals surface area contributed by atoms with Crippen LogP contribution in [0.2, 0.25) is 0 Å². The van der Waals surface area contributed by atoms with Gasteiger partial charge in [0, 0.05) is 13.1 Å². The number of carbonyl (C=O) groups is 1. The fraction of sp³-hybridized carbons (Fsp3) is 0.267. The lowest BCUT2D eigenvalue weighted by molar-refractivity contribution is 0.0794. The number of nitrogens with two attached hydrogens (primary N) is 1. The van der Waals surface area contributed by atoms with Crippen LogP contribution in [0.25, 0.3) is 0 Å². The molecule has 126 valence electrons. The van der Waals surface area contributed by atoms with Crippen molar-refractivity contribution in [2.24, 2.45) is 0 Å². The van der Waals surface area contributed by atoms with E-state index in [-0.39, 0.29) is 22.4 Å². The summed E-state index contributed by atoms with van der Waals surface area (Å²) < 4.78 is 27.3. The van der Waals surface area contributed by atoms with E-state index in [0.29, 0.717) is 18.7 Å². The normalized spacial score (nSPS) is 14.6. The Bertz CT molecular complexity index is 846. The lowest BCUT2D eigenvalue weighted by Crippen LogP contribution is -2.28. The summed E-state index contributed by atoms with van der Waals surface area (Å²) in [6.07, 6.45) is 4.16. The minimum Gasteiger partial charge on any atom is -0.368 e. The van der Waals surface area contributed by atoms with Crippen molar-refractivity contribution in [3.8, 4) is 0 Å². The maximum Gasteiger partial charge on any atom is 0.264 e. The van der Waals surface area contributed by atoms with E-state index < -0.39 is 10.0 Å². The molecule has 3 N–H and O–H groups in total. The number of rotatable bonds is 4. The number of aromatic nitrogens is 2. The Kier molecular flexibility index (Phi) is 4.34.